The van der Waals surface area contributed by atoms with Crippen LogP contribution in [-0.2, 0) is 4.79 Å². The molecule has 1 unspecified atom stereocenters. The van der Waals surface area contributed by atoms with E-state index in [1.807, 2.05) is 0 Å². The summed E-state index contributed by atoms with van der Waals surface area (Å²) >= 11 is 0. The number of anilines is 1. The number of rotatable bonds is 3. The summed E-state index contributed by atoms with van der Waals surface area (Å²) in [5.74, 6) is -0.648. The number of carbonyl (C=O) groups is 1. The van der Waals surface area contributed by atoms with Crippen LogP contribution in [0.4, 0.5) is 11.5 Å². The van der Waals surface area contributed by atoms with Crippen LogP contribution in [0.1, 0.15) is 0 Å². The zero-order chi connectivity index (χ0) is 13.1. The van der Waals surface area contributed by atoms with E-state index >= 15 is 0 Å². The van der Waals surface area contributed by atoms with Gasteiger partial charge in [-0.25, -0.2) is 0 Å². The van der Waals surface area contributed by atoms with Crippen molar-refractivity contribution in [1.29, 1.82) is 0 Å². The maximum atomic E-state index is 11.3. The van der Waals surface area contributed by atoms with Crippen LogP contribution in [0.5, 0.6) is 0 Å². The van der Waals surface area contributed by atoms with Gasteiger partial charge in [-0.05, 0) is 16.0 Å². The van der Waals surface area contributed by atoms with E-state index < -0.39 is 16.9 Å². The standard InChI is InChI=1S/C10H13N5O3/c11-10(16)8-6-12-3-4-14(8)7-1-2-9(13-5-7)15(17)18/h1-2,5,8,12H,3-4,6H2,(H2,11,16). The summed E-state index contributed by atoms with van der Waals surface area (Å²) in [6.07, 6.45) is 1.39. The Labute approximate surface area is 103 Å². The molecule has 0 aliphatic carbocycles. The largest absolute Gasteiger partial charge is 0.368 e. The third-order valence-electron chi connectivity index (χ3n) is 2.82. The molecule has 0 bridgehead atoms. The Hall–Kier alpha value is -2.22. The fourth-order valence-corrected chi connectivity index (χ4v) is 1.92. The number of amides is 1. The molecule has 1 aromatic heterocycles. The Balaban J connectivity index is 2.23. The highest BCUT2D eigenvalue weighted by molar-refractivity contribution is 5.84. The number of nitro groups is 1. The van der Waals surface area contributed by atoms with E-state index in [1.54, 1.807) is 11.0 Å². The molecule has 1 atom stereocenters. The van der Waals surface area contributed by atoms with Gasteiger partial charge in [-0.2, -0.15) is 0 Å². The van der Waals surface area contributed by atoms with Crippen LogP contribution in [0.25, 0.3) is 0 Å². The zero-order valence-electron chi connectivity index (χ0n) is 9.57. The van der Waals surface area contributed by atoms with Crippen LogP contribution in [0.3, 0.4) is 0 Å². The number of hydrogen-bond acceptors (Lipinski definition) is 6. The fraction of sp³-hybridized carbons (Fsp3) is 0.400. The lowest BCUT2D eigenvalue weighted by atomic mass is 10.1. The van der Waals surface area contributed by atoms with Gasteiger partial charge >= 0.3 is 5.82 Å². The van der Waals surface area contributed by atoms with Crippen molar-refractivity contribution >= 4 is 17.4 Å². The topological polar surface area (TPSA) is 114 Å². The van der Waals surface area contributed by atoms with Gasteiger partial charge in [0.25, 0.3) is 0 Å². The first-order valence-corrected chi connectivity index (χ1v) is 5.46. The summed E-state index contributed by atoms with van der Waals surface area (Å²) in [6.45, 7) is 1.79. The van der Waals surface area contributed by atoms with E-state index in [1.165, 1.54) is 12.3 Å². The van der Waals surface area contributed by atoms with Gasteiger partial charge < -0.3 is 26.1 Å². The van der Waals surface area contributed by atoms with Gasteiger partial charge in [0.1, 0.15) is 6.04 Å². The Morgan fingerprint density at radius 3 is 2.94 bits per heavy atom. The second-order valence-electron chi connectivity index (χ2n) is 3.95. The van der Waals surface area contributed by atoms with E-state index in [0.29, 0.717) is 18.8 Å². The average Bonchev–Trinajstić information content (AvgIpc) is 2.39. The Morgan fingerprint density at radius 2 is 2.39 bits per heavy atom. The number of pyridine rings is 1. The van der Waals surface area contributed by atoms with Crippen molar-refractivity contribution in [2.75, 3.05) is 24.5 Å². The molecule has 1 aliphatic rings. The number of nitrogens with two attached hydrogens (primary N) is 1. The second-order valence-corrected chi connectivity index (χ2v) is 3.95. The van der Waals surface area contributed by atoms with Gasteiger partial charge in [-0.15, -0.1) is 0 Å². The molecule has 0 aromatic carbocycles. The van der Waals surface area contributed by atoms with E-state index in [2.05, 4.69) is 10.3 Å². The molecule has 2 rings (SSSR count). The van der Waals surface area contributed by atoms with Crippen LogP contribution >= 0.6 is 0 Å². The molecular weight excluding hydrogens is 238 g/mol. The minimum absolute atomic E-state index is 0.218. The predicted octanol–water partition coefficient (Wildman–Crippen LogP) is -0.747. The Morgan fingerprint density at radius 1 is 1.61 bits per heavy atom. The van der Waals surface area contributed by atoms with Crippen molar-refractivity contribution < 1.29 is 9.72 Å². The first-order valence-electron chi connectivity index (χ1n) is 5.46. The van der Waals surface area contributed by atoms with Gasteiger partial charge in [0, 0.05) is 25.7 Å². The van der Waals surface area contributed by atoms with Crippen molar-refractivity contribution in [2.24, 2.45) is 5.73 Å². The van der Waals surface area contributed by atoms with Crippen LogP contribution < -0.4 is 16.0 Å². The minimum Gasteiger partial charge on any atom is -0.368 e. The number of hydrogen-bond donors (Lipinski definition) is 2. The second kappa shape index (κ2) is 4.96. The molecule has 8 heteroatoms. The van der Waals surface area contributed by atoms with Crippen LogP contribution in [0.15, 0.2) is 18.3 Å². The lowest BCUT2D eigenvalue weighted by Gasteiger charge is -2.35. The molecule has 1 amide bonds. The first-order chi connectivity index (χ1) is 8.59. The molecule has 1 aromatic rings. The summed E-state index contributed by atoms with van der Waals surface area (Å²) in [7, 11) is 0. The number of nitrogens with one attached hydrogen (secondary N) is 1. The van der Waals surface area contributed by atoms with Crippen molar-refractivity contribution in [3.63, 3.8) is 0 Å². The molecule has 1 saturated heterocycles. The maximum Gasteiger partial charge on any atom is 0.363 e. The van der Waals surface area contributed by atoms with Gasteiger partial charge in [0.15, 0.2) is 6.20 Å². The molecule has 1 fully saturated rings. The van der Waals surface area contributed by atoms with Crippen molar-refractivity contribution in [2.45, 2.75) is 6.04 Å². The van der Waals surface area contributed by atoms with Crippen molar-refractivity contribution in [1.82, 2.24) is 10.3 Å². The van der Waals surface area contributed by atoms with Gasteiger partial charge in [-0.1, -0.05) is 0 Å². The molecule has 0 radical (unpaired) electrons. The van der Waals surface area contributed by atoms with Crippen molar-refractivity contribution in [3.8, 4) is 0 Å². The molecule has 0 spiro atoms. The summed E-state index contributed by atoms with van der Waals surface area (Å²) in [6, 6.07) is 2.43. The molecule has 2 heterocycles. The lowest BCUT2D eigenvalue weighted by Crippen LogP contribution is -2.57. The number of carbonyl (C=O) groups excluding carboxylic acids is 1. The minimum atomic E-state index is -0.562. The highest BCUT2D eigenvalue weighted by atomic mass is 16.6. The summed E-state index contributed by atoms with van der Waals surface area (Å²) in [4.78, 5) is 26.8. The summed E-state index contributed by atoms with van der Waals surface area (Å²) in [5.41, 5.74) is 5.98. The quantitative estimate of drug-likeness (QED) is 0.539. The maximum absolute atomic E-state index is 11.3. The smallest absolute Gasteiger partial charge is 0.363 e. The molecule has 18 heavy (non-hydrogen) atoms. The van der Waals surface area contributed by atoms with Crippen LogP contribution in [0, 0.1) is 10.1 Å². The van der Waals surface area contributed by atoms with Crippen LogP contribution in [-0.4, -0.2) is 41.5 Å². The summed E-state index contributed by atoms with van der Waals surface area (Å²) in [5, 5.41) is 13.6. The molecule has 8 nitrogen and oxygen atoms in total. The highest BCUT2D eigenvalue weighted by Crippen LogP contribution is 2.19. The predicted molar refractivity (Wildman–Crippen MR) is 64.1 cm³/mol. The molecule has 0 saturated carbocycles. The number of nitrogens with zero attached hydrogens (tertiary/aromatic N) is 3. The SMILES string of the molecule is NC(=O)C1CNCCN1c1ccc([N+](=O)[O-])nc1. The molecular formula is C10H13N5O3. The zero-order valence-corrected chi connectivity index (χ0v) is 9.57. The monoisotopic (exact) mass is 251 g/mol. The van der Waals surface area contributed by atoms with Gasteiger partial charge in [-0.3, -0.25) is 4.79 Å². The van der Waals surface area contributed by atoms with Crippen LogP contribution in [0.2, 0.25) is 0 Å². The summed E-state index contributed by atoms with van der Waals surface area (Å²) < 4.78 is 0. The number of piperazine rings is 1. The highest BCUT2D eigenvalue weighted by Gasteiger charge is 2.27. The van der Waals surface area contributed by atoms with E-state index in [4.69, 9.17) is 5.73 Å². The van der Waals surface area contributed by atoms with Gasteiger partial charge in [0.05, 0.1) is 5.69 Å². The third-order valence-corrected chi connectivity index (χ3v) is 2.82. The van der Waals surface area contributed by atoms with E-state index in [-0.39, 0.29) is 5.82 Å². The first kappa shape index (κ1) is 12.2. The lowest BCUT2D eigenvalue weighted by molar-refractivity contribution is -0.389. The molecule has 1 aliphatic heterocycles. The fourth-order valence-electron chi connectivity index (χ4n) is 1.92. The van der Waals surface area contributed by atoms with Gasteiger partial charge in [0.2, 0.25) is 5.91 Å². The molecule has 96 valence electrons. The number of primary amides is 1. The third kappa shape index (κ3) is 2.38. The normalized spacial score (nSPS) is 19.6. The van der Waals surface area contributed by atoms with Crippen molar-refractivity contribution in [3.05, 3.63) is 28.4 Å². The van der Waals surface area contributed by atoms with E-state index in [0.717, 1.165) is 6.54 Å². The number of aromatic nitrogens is 1. The van der Waals surface area contributed by atoms with E-state index in [9.17, 15) is 14.9 Å². The molecule has 3 N–H and O–H groups in total. The Bertz CT molecular complexity index is 461. The average molecular weight is 251 g/mol. The Kier molecular flexibility index (Phi) is 3.38.